The lowest BCUT2D eigenvalue weighted by molar-refractivity contribution is 0.251. The summed E-state index contributed by atoms with van der Waals surface area (Å²) in [7, 11) is 3.53. The Morgan fingerprint density at radius 1 is 1.36 bits per heavy atom. The van der Waals surface area contributed by atoms with Crippen LogP contribution in [0.1, 0.15) is 25.7 Å². The molecule has 0 fully saturated rings. The first-order valence-electron chi connectivity index (χ1n) is 7.93. The molecule has 0 aliphatic rings. The average Bonchev–Trinajstić information content (AvgIpc) is 3.17. The molecule has 132 valence electrons. The van der Waals surface area contributed by atoms with E-state index in [1.807, 2.05) is 43.7 Å². The molecule has 2 amide bonds. The van der Waals surface area contributed by atoms with E-state index in [1.54, 1.807) is 11.8 Å². The van der Waals surface area contributed by atoms with Crippen LogP contribution in [0, 0.1) is 0 Å². The Labute approximate surface area is 145 Å². The standard InChI is InChI=1S/C16H21N7O2/c1-10(2)23-15(18-9-19-23)21-16(24)17-8-14-20-12-7-11(25-4)5-6-13(12)22(14)3/h5-7,9-10H,8H2,1-4H3,(H2,17,18,19,21,24). The summed E-state index contributed by atoms with van der Waals surface area (Å²) in [6, 6.07) is 5.43. The normalized spacial score (nSPS) is 11.1. The maximum absolute atomic E-state index is 12.1. The largest absolute Gasteiger partial charge is 0.497 e. The van der Waals surface area contributed by atoms with Gasteiger partial charge in [-0.05, 0) is 26.0 Å². The Hall–Kier alpha value is -3.10. The van der Waals surface area contributed by atoms with Gasteiger partial charge in [0.15, 0.2) is 0 Å². The molecule has 0 spiro atoms. The van der Waals surface area contributed by atoms with Crippen molar-refractivity contribution in [1.82, 2.24) is 29.6 Å². The lowest BCUT2D eigenvalue weighted by Gasteiger charge is -2.10. The summed E-state index contributed by atoms with van der Waals surface area (Å²) in [5.74, 6) is 1.89. The summed E-state index contributed by atoms with van der Waals surface area (Å²) < 4.78 is 8.79. The Bertz CT molecular complexity index is 897. The zero-order valence-electron chi connectivity index (χ0n) is 14.6. The summed E-state index contributed by atoms with van der Waals surface area (Å²) in [5, 5.41) is 9.56. The first kappa shape index (κ1) is 16.7. The number of rotatable bonds is 5. The van der Waals surface area contributed by atoms with E-state index in [4.69, 9.17) is 4.74 Å². The third-order valence-corrected chi connectivity index (χ3v) is 3.88. The lowest BCUT2D eigenvalue weighted by Crippen LogP contribution is -2.30. The summed E-state index contributed by atoms with van der Waals surface area (Å²) in [6.07, 6.45) is 1.41. The second kappa shape index (κ2) is 6.80. The number of imidazole rings is 1. The minimum Gasteiger partial charge on any atom is -0.497 e. The van der Waals surface area contributed by atoms with Crippen LogP contribution >= 0.6 is 0 Å². The van der Waals surface area contributed by atoms with Gasteiger partial charge in [0.05, 0.1) is 30.7 Å². The fourth-order valence-electron chi connectivity index (χ4n) is 2.54. The van der Waals surface area contributed by atoms with Gasteiger partial charge in [-0.1, -0.05) is 0 Å². The number of amides is 2. The third-order valence-electron chi connectivity index (χ3n) is 3.88. The number of hydrogen-bond acceptors (Lipinski definition) is 5. The average molecular weight is 343 g/mol. The van der Waals surface area contributed by atoms with Crippen molar-refractivity contribution in [2.75, 3.05) is 12.4 Å². The number of aryl methyl sites for hydroxylation is 1. The molecule has 0 bridgehead atoms. The van der Waals surface area contributed by atoms with Gasteiger partial charge in [0.2, 0.25) is 5.95 Å². The zero-order valence-corrected chi connectivity index (χ0v) is 14.6. The van der Waals surface area contributed by atoms with Crippen molar-refractivity contribution in [3.63, 3.8) is 0 Å². The van der Waals surface area contributed by atoms with Gasteiger partial charge in [0, 0.05) is 13.1 Å². The van der Waals surface area contributed by atoms with E-state index in [0.717, 1.165) is 22.6 Å². The van der Waals surface area contributed by atoms with Gasteiger partial charge in [-0.3, -0.25) is 5.32 Å². The Morgan fingerprint density at radius 3 is 2.88 bits per heavy atom. The van der Waals surface area contributed by atoms with Crippen molar-refractivity contribution in [3.8, 4) is 5.75 Å². The predicted octanol–water partition coefficient (Wildman–Crippen LogP) is 2.08. The number of aromatic nitrogens is 5. The topological polar surface area (TPSA) is 98.9 Å². The molecular formula is C16H21N7O2. The molecule has 3 rings (SSSR count). The molecule has 0 saturated carbocycles. The third kappa shape index (κ3) is 3.39. The number of nitrogens with one attached hydrogen (secondary N) is 2. The van der Waals surface area contributed by atoms with Crippen molar-refractivity contribution in [2.24, 2.45) is 7.05 Å². The van der Waals surface area contributed by atoms with Crippen LogP contribution < -0.4 is 15.4 Å². The molecule has 2 aromatic heterocycles. The Kier molecular flexibility index (Phi) is 4.55. The van der Waals surface area contributed by atoms with Crippen molar-refractivity contribution in [1.29, 1.82) is 0 Å². The fourth-order valence-corrected chi connectivity index (χ4v) is 2.54. The van der Waals surface area contributed by atoms with E-state index in [1.165, 1.54) is 6.33 Å². The molecule has 0 unspecified atom stereocenters. The zero-order chi connectivity index (χ0) is 18.0. The second-order valence-electron chi connectivity index (χ2n) is 5.87. The van der Waals surface area contributed by atoms with Crippen LogP contribution in [-0.4, -0.2) is 37.5 Å². The molecular weight excluding hydrogens is 322 g/mol. The highest BCUT2D eigenvalue weighted by atomic mass is 16.5. The second-order valence-corrected chi connectivity index (χ2v) is 5.87. The first-order valence-corrected chi connectivity index (χ1v) is 7.93. The quantitative estimate of drug-likeness (QED) is 0.739. The number of nitrogens with zero attached hydrogens (tertiary/aromatic N) is 5. The maximum atomic E-state index is 12.1. The number of carbonyl (C=O) groups excluding carboxylic acids is 1. The molecule has 9 heteroatoms. The van der Waals surface area contributed by atoms with Gasteiger partial charge in [-0.2, -0.15) is 10.1 Å². The summed E-state index contributed by atoms with van der Waals surface area (Å²) in [5.41, 5.74) is 1.79. The van der Waals surface area contributed by atoms with Crippen molar-refractivity contribution in [2.45, 2.75) is 26.4 Å². The van der Waals surface area contributed by atoms with Crippen LogP contribution in [0.15, 0.2) is 24.5 Å². The van der Waals surface area contributed by atoms with Crippen LogP contribution in [-0.2, 0) is 13.6 Å². The van der Waals surface area contributed by atoms with Gasteiger partial charge in [0.25, 0.3) is 0 Å². The molecule has 9 nitrogen and oxygen atoms in total. The van der Waals surface area contributed by atoms with E-state index in [9.17, 15) is 4.79 Å². The number of fused-ring (bicyclic) bond motifs is 1. The number of benzene rings is 1. The van der Waals surface area contributed by atoms with Crippen molar-refractivity contribution in [3.05, 3.63) is 30.4 Å². The molecule has 0 saturated heterocycles. The minimum atomic E-state index is -0.362. The molecule has 2 N–H and O–H groups in total. The molecule has 0 radical (unpaired) electrons. The summed E-state index contributed by atoms with van der Waals surface area (Å²) >= 11 is 0. The van der Waals surface area contributed by atoms with Gasteiger partial charge in [0.1, 0.15) is 17.9 Å². The van der Waals surface area contributed by atoms with Gasteiger partial charge in [-0.15, -0.1) is 0 Å². The highest BCUT2D eigenvalue weighted by Crippen LogP contribution is 2.20. The fraction of sp³-hybridized carbons (Fsp3) is 0.375. The van der Waals surface area contributed by atoms with Crippen LogP contribution in [0.4, 0.5) is 10.7 Å². The molecule has 25 heavy (non-hydrogen) atoms. The first-order chi connectivity index (χ1) is 12.0. The number of anilines is 1. The number of carbonyl (C=O) groups is 1. The van der Waals surface area contributed by atoms with E-state index in [0.29, 0.717) is 5.95 Å². The molecule has 0 aliphatic heterocycles. The van der Waals surface area contributed by atoms with E-state index >= 15 is 0 Å². The Balaban J connectivity index is 1.68. The number of hydrogen-bond donors (Lipinski definition) is 2. The highest BCUT2D eigenvalue weighted by molar-refractivity contribution is 5.87. The van der Waals surface area contributed by atoms with Crippen LogP contribution in [0.3, 0.4) is 0 Å². The molecule has 3 aromatic rings. The number of ether oxygens (including phenoxy) is 1. The van der Waals surface area contributed by atoms with E-state index < -0.39 is 0 Å². The SMILES string of the molecule is COc1ccc2c(c1)nc(CNC(=O)Nc1ncnn1C(C)C)n2C. The molecule has 0 aliphatic carbocycles. The van der Waals surface area contributed by atoms with Gasteiger partial charge < -0.3 is 14.6 Å². The van der Waals surface area contributed by atoms with Crippen molar-refractivity contribution >= 4 is 23.0 Å². The van der Waals surface area contributed by atoms with Crippen LogP contribution in [0.25, 0.3) is 11.0 Å². The lowest BCUT2D eigenvalue weighted by atomic mass is 10.3. The van der Waals surface area contributed by atoms with E-state index in [-0.39, 0.29) is 18.6 Å². The number of urea groups is 1. The molecule has 0 atom stereocenters. The number of methoxy groups -OCH3 is 1. The maximum Gasteiger partial charge on any atom is 0.321 e. The van der Waals surface area contributed by atoms with Crippen LogP contribution in [0.5, 0.6) is 5.75 Å². The predicted molar refractivity (Wildman–Crippen MR) is 93.5 cm³/mol. The van der Waals surface area contributed by atoms with Gasteiger partial charge in [-0.25, -0.2) is 14.5 Å². The monoisotopic (exact) mass is 343 g/mol. The molecule has 1 aromatic carbocycles. The summed E-state index contributed by atoms with van der Waals surface area (Å²) in [6.45, 7) is 4.21. The smallest absolute Gasteiger partial charge is 0.321 e. The molecule has 2 heterocycles. The van der Waals surface area contributed by atoms with Crippen molar-refractivity contribution < 1.29 is 9.53 Å². The summed E-state index contributed by atoms with van der Waals surface area (Å²) in [4.78, 5) is 20.7. The van der Waals surface area contributed by atoms with Gasteiger partial charge >= 0.3 is 6.03 Å². The highest BCUT2D eigenvalue weighted by Gasteiger charge is 2.13. The van der Waals surface area contributed by atoms with Crippen LogP contribution in [0.2, 0.25) is 0 Å². The Morgan fingerprint density at radius 2 is 2.16 bits per heavy atom. The minimum absolute atomic E-state index is 0.104. The van der Waals surface area contributed by atoms with E-state index in [2.05, 4.69) is 25.7 Å².